The molecule has 0 atom stereocenters. The zero-order valence-electron chi connectivity index (χ0n) is 17.0. The monoisotopic (exact) mass is 424 g/mol. The van der Waals surface area contributed by atoms with Gasteiger partial charge in [0.1, 0.15) is 11.5 Å². The van der Waals surface area contributed by atoms with Gasteiger partial charge in [0.2, 0.25) is 0 Å². The molecule has 1 heterocycles. The van der Waals surface area contributed by atoms with Crippen LogP contribution in [-0.4, -0.2) is 21.9 Å². The Morgan fingerprint density at radius 2 is 1.90 bits per heavy atom. The third kappa shape index (κ3) is 5.48. The van der Waals surface area contributed by atoms with Crippen LogP contribution in [0.2, 0.25) is 5.02 Å². The molecule has 4 N–H and O–H groups in total. The third-order valence-electron chi connectivity index (χ3n) is 4.89. The van der Waals surface area contributed by atoms with Gasteiger partial charge < -0.3 is 11.1 Å². The van der Waals surface area contributed by atoms with E-state index in [0.29, 0.717) is 36.0 Å². The molecule has 2 aromatic carbocycles. The number of H-pyrrole nitrogens is 1. The number of halogens is 1. The minimum Gasteiger partial charge on any atom is -0.378 e. The molecule has 30 heavy (non-hydrogen) atoms. The number of Topliss-reactive ketones (excluding diaryl/α,β-unsaturated/α-hetero) is 1. The van der Waals surface area contributed by atoms with Crippen molar-refractivity contribution in [2.24, 2.45) is 5.73 Å². The summed E-state index contributed by atoms with van der Waals surface area (Å²) in [5.41, 5.74) is 10.0. The van der Waals surface area contributed by atoms with Gasteiger partial charge in [0, 0.05) is 24.4 Å². The van der Waals surface area contributed by atoms with Crippen molar-refractivity contribution >= 4 is 29.0 Å². The minimum atomic E-state index is -0.575. The molecule has 156 valence electrons. The van der Waals surface area contributed by atoms with E-state index in [4.69, 9.17) is 17.3 Å². The second-order valence-corrected chi connectivity index (χ2v) is 8.00. The molecule has 0 radical (unpaired) electrons. The van der Waals surface area contributed by atoms with Gasteiger partial charge in [-0.15, -0.1) is 0 Å². The molecule has 0 unspecified atom stereocenters. The maximum atomic E-state index is 12.6. The molecule has 0 saturated carbocycles. The lowest BCUT2D eigenvalue weighted by atomic mass is 9.98. The standard InChI is InChI=1S/C23H25ClN4O2/c1-14(2)17-6-7-18(20(24)11-17)10-19(29)9-15-4-3-5-16(8-15)12-26-21-13-27-28-22(21)23(25)30/h3-8,11,13-14,26H,9-10,12H2,1-2H3,(H2,25,30)(H,27,28). The molecule has 3 rings (SSSR count). The summed E-state index contributed by atoms with van der Waals surface area (Å²) in [5.74, 6) is -0.0794. The van der Waals surface area contributed by atoms with Crippen LogP contribution in [0, 0.1) is 0 Å². The average molecular weight is 425 g/mol. The number of hydrogen-bond acceptors (Lipinski definition) is 4. The molecule has 1 aromatic heterocycles. The molecule has 1 amide bonds. The lowest BCUT2D eigenvalue weighted by molar-refractivity contribution is -0.117. The van der Waals surface area contributed by atoms with Gasteiger partial charge in [-0.3, -0.25) is 14.7 Å². The van der Waals surface area contributed by atoms with Crippen molar-refractivity contribution in [3.8, 4) is 0 Å². The van der Waals surface area contributed by atoms with Crippen molar-refractivity contribution in [2.75, 3.05) is 5.32 Å². The summed E-state index contributed by atoms with van der Waals surface area (Å²) in [7, 11) is 0. The quantitative estimate of drug-likeness (QED) is 0.477. The van der Waals surface area contributed by atoms with E-state index in [9.17, 15) is 9.59 Å². The van der Waals surface area contributed by atoms with E-state index < -0.39 is 5.91 Å². The number of benzene rings is 2. The number of ketones is 1. The maximum Gasteiger partial charge on any atom is 0.268 e. The van der Waals surface area contributed by atoms with Crippen molar-refractivity contribution in [1.29, 1.82) is 0 Å². The number of rotatable bonds is 9. The van der Waals surface area contributed by atoms with Crippen LogP contribution in [0.5, 0.6) is 0 Å². The van der Waals surface area contributed by atoms with E-state index >= 15 is 0 Å². The van der Waals surface area contributed by atoms with Crippen molar-refractivity contribution < 1.29 is 9.59 Å². The van der Waals surface area contributed by atoms with E-state index in [2.05, 4.69) is 29.4 Å². The number of aromatic nitrogens is 2. The molecule has 3 aromatic rings. The fraction of sp³-hybridized carbons (Fsp3) is 0.261. The summed E-state index contributed by atoms with van der Waals surface area (Å²) in [5, 5.41) is 10.2. The second kappa shape index (κ2) is 9.59. The minimum absolute atomic E-state index is 0.102. The van der Waals surface area contributed by atoms with Crippen LogP contribution < -0.4 is 11.1 Å². The first-order chi connectivity index (χ1) is 14.3. The molecule has 6 nitrogen and oxygen atoms in total. The number of nitrogens with zero attached hydrogens (tertiary/aromatic N) is 1. The molecular weight excluding hydrogens is 400 g/mol. The first kappa shape index (κ1) is 21.6. The Balaban J connectivity index is 1.61. The molecule has 0 spiro atoms. The van der Waals surface area contributed by atoms with Gasteiger partial charge in [0.15, 0.2) is 0 Å². The van der Waals surface area contributed by atoms with E-state index in [-0.39, 0.29) is 11.5 Å². The number of carbonyl (C=O) groups excluding carboxylic acids is 2. The molecule has 0 aliphatic carbocycles. The highest BCUT2D eigenvalue weighted by Crippen LogP contribution is 2.24. The Labute approximate surface area is 180 Å². The number of anilines is 1. The zero-order chi connectivity index (χ0) is 21.7. The Kier molecular flexibility index (Phi) is 6.90. The fourth-order valence-electron chi connectivity index (χ4n) is 3.22. The summed E-state index contributed by atoms with van der Waals surface area (Å²) in [6.45, 7) is 4.70. The SMILES string of the molecule is CC(C)c1ccc(CC(=O)Cc2cccc(CNc3cn[nH]c3C(N)=O)c2)c(Cl)c1. The molecule has 0 aliphatic heterocycles. The van der Waals surface area contributed by atoms with Gasteiger partial charge in [0.25, 0.3) is 5.91 Å². The van der Waals surface area contributed by atoms with Crippen LogP contribution >= 0.6 is 11.6 Å². The summed E-state index contributed by atoms with van der Waals surface area (Å²) in [4.78, 5) is 23.9. The topological polar surface area (TPSA) is 101 Å². The first-order valence-corrected chi connectivity index (χ1v) is 10.2. The number of amides is 1. The summed E-state index contributed by atoms with van der Waals surface area (Å²) < 4.78 is 0. The van der Waals surface area contributed by atoms with E-state index in [0.717, 1.165) is 22.3 Å². The van der Waals surface area contributed by atoms with Crippen molar-refractivity contribution in [2.45, 2.75) is 39.2 Å². The Morgan fingerprint density at radius 3 is 2.60 bits per heavy atom. The molecular formula is C23H25ClN4O2. The number of primary amides is 1. The van der Waals surface area contributed by atoms with Crippen LogP contribution in [0.25, 0.3) is 0 Å². The zero-order valence-corrected chi connectivity index (χ0v) is 17.8. The van der Waals surface area contributed by atoms with Crippen LogP contribution in [0.1, 0.15) is 52.5 Å². The van der Waals surface area contributed by atoms with Crippen molar-refractivity contribution in [3.63, 3.8) is 0 Å². The van der Waals surface area contributed by atoms with Gasteiger partial charge in [-0.1, -0.05) is 61.8 Å². The van der Waals surface area contributed by atoms with Crippen LogP contribution in [-0.2, 0) is 24.2 Å². The summed E-state index contributed by atoms with van der Waals surface area (Å²) >= 11 is 6.37. The molecule has 0 aliphatic rings. The van der Waals surface area contributed by atoms with E-state index in [1.54, 1.807) is 0 Å². The number of hydrogen-bond donors (Lipinski definition) is 3. The predicted molar refractivity (Wildman–Crippen MR) is 119 cm³/mol. The first-order valence-electron chi connectivity index (χ1n) is 9.78. The van der Waals surface area contributed by atoms with Crippen molar-refractivity contribution in [3.05, 3.63) is 81.6 Å². The summed E-state index contributed by atoms with van der Waals surface area (Å²) in [6, 6.07) is 13.7. The third-order valence-corrected chi connectivity index (χ3v) is 5.24. The number of nitrogens with two attached hydrogens (primary N) is 1. The van der Waals surface area contributed by atoms with Gasteiger partial charge in [-0.25, -0.2) is 0 Å². The molecule has 7 heteroatoms. The van der Waals surface area contributed by atoms with Gasteiger partial charge in [-0.05, 0) is 34.2 Å². The van der Waals surface area contributed by atoms with E-state index in [1.807, 2.05) is 42.5 Å². The smallest absolute Gasteiger partial charge is 0.268 e. The maximum absolute atomic E-state index is 12.6. The van der Waals surface area contributed by atoms with Crippen LogP contribution in [0.15, 0.2) is 48.7 Å². The second-order valence-electron chi connectivity index (χ2n) is 7.59. The Hall–Kier alpha value is -3.12. The van der Waals surface area contributed by atoms with Crippen LogP contribution in [0.3, 0.4) is 0 Å². The van der Waals surface area contributed by atoms with Gasteiger partial charge in [0.05, 0.1) is 11.9 Å². The van der Waals surface area contributed by atoms with Crippen LogP contribution in [0.4, 0.5) is 5.69 Å². The molecule has 0 bridgehead atoms. The Bertz CT molecular complexity index is 1060. The van der Waals surface area contributed by atoms with Gasteiger partial charge >= 0.3 is 0 Å². The lowest BCUT2D eigenvalue weighted by Crippen LogP contribution is -2.14. The van der Waals surface area contributed by atoms with E-state index in [1.165, 1.54) is 6.20 Å². The number of carbonyl (C=O) groups is 2. The molecule has 0 fully saturated rings. The highest BCUT2D eigenvalue weighted by Gasteiger charge is 2.12. The normalized spacial score (nSPS) is 10.9. The molecule has 0 saturated heterocycles. The largest absolute Gasteiger partial charge is 0.378 e. The summed E-state index contributed by atoms with van der Waals surface area (Å²) in [6.07, 6.45) is 2.15. The predicted octanol–water partition coefficient (Wildman–Crippen LogP) is 4.25. The number of aromatic amines is 1. The van der Waals surface area contributed by atoms with Gasteiger partial charge in [-0.2, -0.15) is 5.10 Å². The highest BCUT2D eigenvalue weighted by molar-refractivity contribution is 6.31. The van der Waals surface area contributed by atoms with Crippen molar-refractivity contribution in [1.82, 2.24) is 10.2 Å². The Morgan fingerprint density at radius 1 is 1.13 bits per heavy atom. The fourth-order valence-corrected chi connectivity index (χ4v) is 3.48. The lowest BCUT2D eigenvalue weighted by Gasteiger charge is -2.10. The number of nitrogens with one attached hydrogen (secondary N) is 2. The average Bonchev–Trinajstić information content (AvgIpc) is 3.17. The highest BCUT2D eigenvalue weighted by atomic mass is 35.5.